The van der Waals surface area contributed by atoms with Gasteiger partial charge in [-0.2, -0.15) is 4.98 Å². The van der Waals surface area contributed by atoms with E-state index in [4.69, 9.17) is 4.52 Å². The van der Waals surface area contributed by atoms with Crippen molar-refractivity contribution in [3.05, 3.63) is 11.7 Å². The van der Waals surface area contributed by atoms with Crippen LogP contribution in [-0.2, 0) is 11.2 Å². The monoisotopic (exact) mass is 222 g/mol. The Kier molecular flexibility index (Phi) is 2.60. The van der Waals surface area contributed by atoms with E-state index in [0.717, 1.165) is 12.2 Å². The van der Waals surface area contributed by atoms with Crippen LogP contribution in [0.2, 0.25) is 0 Å². The van der Waals surface area contributed by atoms with Crippen molar-refractivity contribution >= 4 is 5.78 Å². The zero-order chi connectivity index (χ0) is 11.9. The summed E-state index contributed by atoms with van der Waals surface area (Å²) in [6.45, 7) is 7.86. The van der Waals surface area contributed by atoms with Crippen LogP contribution in [0.1, 0.15) is 51.7 Å². The molecule has 0 N–H and O–H groups in total. The van der Waals surface area contributed by atoms with Crippen molar-refractivity contribution in [2.75, 3.05) is 0 Å². The van der Waals surface area contributed by atoms with E-state index in [0.29, 0.717) is 17.7 Å². The molecule has 1 fully saturated rings. The molecule has 0 radical (unpaired) electrons. The molecule has 0 aliphatic heterocycles. The van der Waals surface area contributed by atoms with E-state index in [9.17, 15) is 4.79 Å². The van der Waals surface area contributed by atoms with E-state index >= 15 is 0 Å². The number of hydrogen-bond donors (Lipinski definition) is 0. The van der Waals surface area contributed by atoms with Crippen molar-refractivity contribution in [3.63, 3.8) is 0 Å². The van der Waals surface area contributed by atoms with E-state index in [2.05, 4.69) is 17.1 Å². The summed E-state index contributed by atoms with van der Waals surface area (Å²) in [7, 11) is 0. The van der Waals surface area contributed by atoms with Gasteiger partial charge in [0.25, 0.3) is 0 Å². The van der Waals surface area contributed by atoms with Gasteiger partial charge in [0.05, 0.1) is 6.42 Å². The largest absolute Gasteiger partial charge is 0.339 e. The van der Waals surface area contributed by atoms with Gasteiger partial charge in [-0.25, -0.2) is 0 Å². The van der Waals surface area contributed by atoms with E-state index < -0.39 is 0 Å². The zero-order valence-electron chi connectivity index (χ0n) is 10.3. The van der Waals surface area contributed by atoms with Gasteiger partial charge in [-0.3, -0.25) is 4.79 Å². The number of ketones is 1. The number of hydrogen-bond acceptors (Lipinski definition) is 4. The molecule has 0 aromatic carbocycles. The Labute approximate surface area is 95.4 Å². The highest BCUT2D eigenvalue weighted by Gasteiger charge is 2.38. The molecule has 4 nitrogen and oxygen atoms in total. The maximum atomic E-state index is 11.8. The molecule has 88 valence electrons. The second kappa shape index (κ2) is 3.68. The SMILES string of the molecule is CC1CC1c1noc(CC(=O)C(C)(C)C)n1. The van der Waals surface area contributed by atoms with Crippen LogP contribution in [0.15, 0.2) is 4.52 Å². The summed E-state index contributed by atoms with van der Waals surface area (Å²) in [5.41, 5.74) is -0.346. The van der Waals surface area contributed by atoms with Crippen molar-refractivity contribution in [2.45, 2.75) is 46.5 Å². The molecule has 0 saturated heterocycles. The minimum absolute atomic E-state index is 0.131. The van der Waals surface area contributed by atoms with Crippen LogP contribution in [0, 0.1) is 11.3 Å². The fourth-order valence-corrected chi connectivity index (χ4v) is 1.57. The van der Waals surface area contributed by atoms with Crippen LogP contribution < -0.4 is 0 Å². The maximum Gasteiger partial charge on any atom is 0.234 e. The average Bonchev–Trinajstić information content (AvgIpc) is 2.72. The third-order valence-corrected chi connectivity index (χ3v) is 3.07. The Morgan fingerprint density at radius 2 is 2.12 bits per heavy atom. The summed E-state index contributed by atoms with van der Waals surface area (Å²) in [6.07, 6.45) is 1.38. The minimum atomic E-state index is -0.346. The summed E-state index contributed by atoms with van der Waals surface area (Å²) < 4.78 is 5.10. The van der Waals surface area contributed by atoms with Crippen molar-refractivity contribution in [3.8, 4) is 0 Å². The van der Waals surface area contributed by atoms with Crippen molar-refractivity contribution < 1.29 is 9.32 Å². The molecule has 0 bridgehead atoms. The second-order valence-corrected chi connectivity index (χ2v) is 5.72. The third-order valence-electron chi connectivity index (χ3n) is 3.07. The first kappa shape index (κ1) is 11.3. The first-order chi connectivity index (χ1) is 7.38. The number of rotatable bonds is 3. The number of Topliss-reactive ketones (excluding diaryl/α,β-unsaturated/α-hetero) is 1. The van der Waals surface area contributed by atoms with E-state index in [1.165, 1.54) is 0 Å². The first-order valence-electron chi connectivity index (χ1n) is 5.73. The fourth-order valence-electron chi connectivity index (χ4n) is 1.57. The molecule has 1 aliphatic rings. The zero-order valence-corrected chi connectivity index (χ0v) is 10.3. The highest BCUT2D eigenvalue weighted by atomic mass is 16.5. The molecule has 2 unspecified atom stereocenters. The molecule has 2 rings (SSSR count). The average molecular weight is 222 g/mol. The summed E-state index contributed by atoms with van der Waals surface area (Å²) in [6, 6.07) is 0. The van der Waals surface area contributed by atoms with Gasteiger partial charge >= 0.3 is 0 Å². The van der Waals surface area contributed by atoms with E-state index in [1.54, 1.807) is 0 Å². The highest BCUT2D eigenvalue weighted by Crippen LogP contribution is 2.45. The normalized spacial score (nSPS) is 24.5. The van der Waals surface area contributed by atoms with Gasteiger partial charge < -0.3 is 4.52 Å². The molecule has 0 spiro atoms. The summed E-state index contributed by atoms with van der Waals surface area (Å²) in [4.78, 5) is 16.0. The Hall–Kier alpha value is -1.19. The van der Waals surface area contributed by atoms with E-state index in [-0.39, 0.29) is 17.6 Å². The number of carbonyl (C=O) groups is 1. The molecule has 1 aromatic rings. The molecule has 1 heterocycles. The Bertz CT molecular complexity index is 403. The van der Waals surface area contributed by atoms with Crippen molar-refractivity contribution in [1.82, 2.24) is 10.1 Å². The van der Waals surface area contributed by atoms with Gasteiger partial charge in [0.2, 0.25) is 5.89 Å². The van der Waals surface area contributed by atoms with Crippen molar-refractivity contribution in [1.29, 1.82) is 0 Å². The Balaban J connectivity index is 2.00. The second-order valence-electron chi connectivity index (χ2n) is 5.72. The molecular weight excluding hydrogens is 204 g/mol. The van der Waals surface area contributed by atoms with Crippen LogP contribution in [0.4, 0.5) is 0 Å². The van der Waals surface area contributed by atoms with Gasteiger partial charge in [-0.15, -0.1) is 0 Å². The molecular formula is C12H18N2O2. The number of nitrogens with zero attached hydrogens (tertiary/aromatic N) is 2. The molecule has 16 heavy (non-hydrogen) atoms. The Morgan fingerprint density at radius 3 is 2.62 bits per heavy atom. The fraction of sp³-hybridized carbons (Fsp3) is 0.750. The predicted molar refractivity (Wildman–Crippen MR) is 59.0 cm³/mol. The lowest BCUT2D eigenvalue weighted by Gasteiger charge is -2.14. The van der Waals surface area contributed by atoms with Crippen LogP contribution in [0.25, 0.3) is 0 Å². The van der Waals surface area contributed by atoms with Gasteiger partial charge in [-0.1, -0.05) is 32.9 Å². The molecule has 4 heteroatoms. The lowest BCUT2D eigenvalue weighted by Crippen LogP contribution is -2.22. The maximum absolute atomic E-state index is 11.8. The van der Waals surface area contributed by atoms with Gasteiger partial charge in [0, 0.05) is 11.3 Å². The van der Waals surface area contributed by atoms with E-state index in [1.807, 2.05) is 20.8 Å². The smallest absolute Gasteiger partial charge is 0.234 e. The Morgan fingerprint density at radius 1 is 1.50 bits per heavy atom. The van der Waals surface area contributed by atoms with Crippen LogP contribution >= 0.6 is 0 Å². The highest BCUT2D eigenvalue weighted by molar-refractivity contribution is 5.84. The molecule has 1 saturated carbocycles. The first-order valence-corrected chi connectivity index (χ1v) is 5.73. The quantitative estimate of drug-likeness (QED) is 0.787. The van der Waals surface area contributed by atoms with Crippen LogP contribution in [0.3, 0.4) is 0 Å². The third kappa shape index (κ3) is 2.31. The molecule has 1 aliphatic carbocycles. The van der Waals surface area contributed by atoms with Gasteiger partial charge in [-0.05, 0) is 12.3 Å². The van der Waals surface area contributed by atoms with Crippen LogP contribution in [-0.4, -0.2) is 15.9 Å². The molecule has 2 atom stereocenters. The summed E-state index contributed by atoms with van der Waals surface area (Å²) in [5.74, 6) is 2.45. The minimum Gasteiger partial charge on any atom is -0.339 e. The van der Waals surface area contributed by atoms with Crippen molar-refractivity contribution in [2.24, 2.45) is 11.3 Å². The lowest BCUT2D eigenvalue weighted by molar-refractivity contribution is -0.125. The molecule has 1 aromatic heterocycles. The molecule has 0 amide bonds. The van der Waals surface area contributed by atoms with Crippen LogP contribution in [0.5, 0.6) is 0 Å². The topological polar surface area (TPSA) is 56.0 Å². The van der Waals surface area contributed by atoms with Gasteiger partial charge in [0.15, 0.2) is 5.82 Å². The summed E-state index contributed by atoms with van der Waals surface area (Å²) in [5, 5.41) is 3.93. The predicted octanol–water partition coefficient (Wildman–Crippen LogP) is 2.35. The number of carbonyl (C=O) groups excluding carboxylic acids is 1. The van der Waals surface area contributed by atoms with Gasteiger partial charge in [0.1, 0.15) is 5.78 Å². The number of aromatic nitrogens is 2. The lowest BCUT2D eigenvalue weighted by atomic mass is 9.89. The standard InChI is InChI=1S/C12H18N2O2/c1-7-5-8(7)11-13-10(16-14-11)6-9(15)12(2,3)4/h7-8H,5-6H2,1-4H3. The summed E-state index contributed by atoms with van der Waals surface area (Å²) >= 11 is 0.